The summed E-state index contributed by atoms with van der Waals surface area (Å²) in [6.07, 6.45) is 0.921. The van der Waals surface area contributed by atoms with Gasteiger partial charge in [-0.25, -0.2) is 13.1 Å². The van der Waals surface area contributed by atoms with E-state index in [9.17, 15) is 8.42 Å². The molecule has 0 bridgehead atoms. The molecule has 2 rings (SSSR count). The smallest absolute Gasteiger partial charge is 0.216 e. The second-order valence-corrected chi connectivity index (χ2v) is 8.73. The van der Waals surface area contributed by atoms with Crippen LogP contribution >= 0.6 is 0 Å². The summed E-state index contributed by atoms with van der Waals surface area (Å²) < 4.78 is 27.2. The van der Waals surface area contributed by atoms with Crippen molar-refractivity contribution in [2.45, 2.75) is 58.5 Å². The van der Waals surface area contributed by atoms with Crippen LogP contribution in [0.4, 0.5) is 0 Å². The maximum atomic E-state index is 12.2. The lowest BCUT2D eigenvalue weighted by atomic mass is 10.1. The van der Waals surface area contributed by atoms with Gasteiger partial charge in [0.2, 0.25) is 10.0 Å². The quantitative estimate of drug-likeness (QED) is 0.813. The van der Waals surface area contributed by atoms with Gasteiger partial charge in [0.1, 0.15) is 0 Å². The van der Waals surface area contributed by atoms with Crippen molar-refractivity contribution in [1.82, 2.24) is 10.0 Å². The Kier molecular flexibility index (Phi) is 4.76. The molecule has 1 unspecified atom stereocenters. The fraction of sp³-hybridized carbons (Fsp3) is 0.625. The number of hydrogen-bond acceptors (Lipinski definition) is 3. The molecule has 1 aromatic rings. The van der Waals surface area contributed by atoms with Crippen LogP contribution in [0.15, 0.2) is 24.3 Å². The first-order chi connectivity index (χ1) is 9.68. The molecular formula is C16H26N2O2S. The van der Waals surface area contributed by atoms with Gasteiger partial charge in [-0.1, -0.05) is 52.0 Å². The Balaban J connectivity index is 1.97. The van der Waals surface area contributed by atoms with Crippen molar-refractivity contribution in [1.29, 1.82) is 0 Å². The van der Waals surface area contributed by atoms with Gasteiger partial charge in [-0.2, -0.15) is 0 Å². The van der Waals surface area contributed by atoms with Gasteiger partial charge in [0, 0.05) is 18.6 Å². The molecule has 0 aromatic heterocycles. The van der Waals surface area contributed by atoms with E-state index in [2.05, 4.69) is 37.7 Å². The molecule has 4 nitrogen and oxygen atoms in total. The lowest BCUT2D eigenvalue weighted by molar-refractivity contribution is 0.554. The first kappa shape index (κ1) is 16.5. The highest BCUT2D eigenvalue weighted by molar-refractivity contribution is 7.88. The SMILES string of the molecule is CC(C)NCc1cccc(CS(=O)(=O)NC2CC2(C)C)c1. The summed E-state index contributed by atoms with van der Waals surface area (Å²) in [5.41, 5.74) is 2.06. The maximum absolute atomic E-state index is 12.2. The molecule has 0 saturated heterocycles. The zero-order valence-corrected chi connectivity index (χ0v) is 14.1. The van der Waals surface area contributed by atoms with Crippen molar-refractivity contribution in [2.75, 3.05) is 0 Å². The highest BCUT2D eigenvalue weighted by atomic mass is 32.2. The molecule has 1 fully saturated rings. The fourth-order valence-electron chi connectivity index (χ4n) is 2.30. The molecule has 2 N–H and O–H groups in total. The van der Waals surface area contributed by atoms with E-state index < -0.39 is 10.0 Å². The zero-order valence-electron chi connectivity index (χ0n) is 13.3. The molecule has 0 radical (unpaired) electrons. The van der Waals surface area contributed by atoms with Crippen LogP contribution in [0.5, 0.6) is 0 Å². The van der Waals surface area contributed by atoms with Gasteiger partial charge in [0.25, 0.3) is 0 Å². The number of sulfonamides is 1. The molecule has 1 aliphatic rings. The summed E-state index contributed by atoms with van der Waals surface area (Å²) >= 11 is 0. The van der Waals surface area contributed by atoms with Crippen molar-refractivity contribution in [3.63, 3.8) is 0 Å². The molecule has 1 aliphatic carbocycles. The minimum Gasteiger partial charge on any atom is -0.310 e. The van der Waals surface area contributed by atoms with Gasteiger partial charge in [0.05, 0.1) is 5.75 Å². The Morgan fingerprint density at radius 3 is 2.48 bits per heavy atom. The Morgan fingerprint density at radius 1 is 1.29 bits per heavy atom. The maximum Gasteiger partial charge on any atom is 0.216 e. The molecule has 0 spiro atoms. The van der Waals surface area contributed by atoms with E-state index in [-0.39, 0.29) is 17.2 Å². The predicted octanol–water partition coefficient (Wildman–Crippen LogP) is 2.40. The molecule has 21 heavy (non-hydrogen) atoms. The lowest BCUT2D eigenvalue weighted by Gasteiger charge is -2.11. The summed E-state index contributed by atoms with van der Waals surface area (Å²) in [5.74, 6) is 0.0507. The van der Waals surface area contributed by atoms with Gasteiger partial charge in [-0.3, -0.25) is 0 Å². The lowest BCUT2D eigenvalue weighted by Crippen LogP contribution is -2.29. The second-order valence-electron chi connectivity index (χ2n) is 6.98. The third-order valence-electron chi connectivity index (χ3n) is 3.90. The molecule has 118 valence electrons. The number of rotatable bonds is 7. The van der Waals surface area contributed by atoms with Gasteiger partial charge < -0.3 is 5.32 Å². The minimum absolute atomic E-state index is 0.0507. The highest BCUT2D eigenvalue weighted by Crippen LogP contribution is 2.45. The third kappa shape index (κ3) is 5.09. The molecule has 1 aromatic carbocycles. The Hall–Kier alpha value is -0.910. The molecule has 0 amide bonds. The summed E-state index contributed by atoms with van der Waals surface area (Å²) in [7, 11) is -3.26. The Morgan fingerprint density at radius 2 is 1.90 bits per heavy atom. The van der Waals surface area contributed by atoms with Crippen LogP contribution in [0.3, 0.4) is 0 Å². The van der Waals surface area contributed by atoms with Crippen LogP contribution in [0.2, 0.25) is 0 Å². The van der Waals surface area contributed by atoms with Crippen molar-refractivity contribution in [3.05, 3.63) is 35.4 Å². The molecule has 5 heteroatoms. The van der Waals surface area contributed by atoms with Crippen molar-refractivity contribution < 1.29 is 8.42 Å². The average molecular weight is 310 g/mol. The van der Waals surface area contributed by atoms with E-state index in [0.29, 0.717) is 6.04 Å². The summed E-state index contributed by atoms with van der Waals surface area (Å²) in [6.45, 7) is 9.11. The highest BCUT2D eigenvalue weighted by Gasteiger charge is 2.47. The van der Waals surface area contributed by atoms with E-state index in [1.54, 1.807) is 0 Å². The first-order valence-corrected chi connectivity index (χ1v) is 9.14. The molecule has 1 saturated carbocycles. The monoisotopic (exact) mass is 310 g/mol. The van der Waals surface area contributed by atoms with E-state index >= 15 is 0 Å². The van der Waals surface area contributed by atoms with Crippen LogP contribution in [-0.4, -0.2) is 20.5 Å². The predicted molar refractivity (Wildman–Crippen MR) is 86.4 cm³/mol. The topological polar surface area (TPSA) is 58.2 Å². The number of benzene rings is 1. The van der Waals surface area contributed by atoms with Gasteiger partial charge in [0.15, 0.2) is 0 Å². The molecule has 0 aliphatic heterocycles. The van der Waals surface area contributed by atoms with Gasteiger partial charge in [-0.15, -0.1) is 0 Å². The summed E-state index contributed by atoms with van der Waals surface area (Å²) in [5, 5.41) is 3.34. The Bertz CT molecular complexity index is 594. The number of nitrogens with one attached hydrogen (secondary N) is 2. The fourth-order valence-corrected chi connectivity index (χ4v) is 3.84. The normalized spacial score (nSPS) is 20.7. The average Bonchev–Trinajstić information content (AvgIpc) is 2.92. The summed E-state index contributed by atoms with van der Waals surface area (Å²) in [4.78, 5) is 0. The van der Waals surface area contributed by atoms with E-state index in [1.807, 2.05) is 24.3 Å². The molecule has 1 atom stereocenters. The van der Waals surface area contributed by atoms with E-state index in [1.165, 1.54) is 0 Å². The van der Waals surface area contributed by atoms with Crippen molar-refractivity contribution >= 4 is 10.0 Å². The second kappa shape index (κ2) is 6.07. The number of hydrogen-bond donors (Lipinski definition) is 2. The van der Waals surface area contributed by atoms with Gasteiger partial charge >= 0.3 is 0 Å². The van der Waals surface area contributed by atoms with Crippen molar-refractivity contribution in [2.24, 2.45) is 5.41 Å². The van der Waals surface area contributed by atoms with Crippen LogP contribution in [0.25, 0.3) is 0 Å². The third-order valence-corrected chi connectivity index (χ3v) is 5.25. The minimum atomic E-state index is -3.26. The largest absolute Gasteiger partial charge is 0.310 e. The van der Waals surface area contributed by atoms with Gasteiger partial charge in [-0.05, 0) is 23.0 Å². The first-order valence-electron chi connectivity index (χ1n) is 7.49. The molecular weight excluding hydrogens is 284 g/mol. The van der Waals surface area contributed by atoms with Crippen LogP contribution < -0.4 is 10.0 Å². The van der Waals surface area contributed by atoms with Crippen LogP contribution in [0, 0.1) is 5.41 Å². The molecule has 0 heterocycles. The van der Waals surface area contributed by atoms with E-state index in [4.69, 9.17) is 0 Å². The standard InChI is InChI=1S/C16H26N2O2S/c1-12(2)17-10-13-6-5-7-14(8-13)11-21(19,20)18-15-9-16(15,3)4/h5-8,12,15,17-18H,9-11H2,1-4H3. The van der Waals surface area contributed by atoms with Crippen LogP contribution in [-0.2, 0) is 22.3 Å². The van der Waals surface area contributed by atoms with E-state index in [0.717, 1.165) is 24.1 Å². The summed E-state index contributed by atoms with van der Waals surface area (Å²) in [6, 6.07) is 8.28. The van der Waals surface area contributed by atoms with Crippen molar-refractivity contribution in [3.8, 4) is 0 Å². The Labute approximate surface area is 128 Å². The van der Waals surface area contributed by atoms with Crippen LogP contribution in [0.1, 0.15) is 45.2 Å². The zero-order chi connectivity index (χ0) is 15.7.